The van der Waals surface area contributed by atoms with Crippen LogP contribution in [0.3, 0.4) is 0 Å². The largest absolute Gasteiger partial charge is 0.394 e. The Balaban J connectivity index is 0.849. The Morgan fingerprint density at radius 3 is 0.719 bits per heavy atom. The van der Waals surface area contributed by atoms with E-state index in [0.717, 1.165) is 13.8 Å². The van der Waals surface area contributed by atoms with E-state index in [-0.39, 0.29) is 0 Å². The average molecular weight is 2050 g/mol. The van der Waals surface area contributed by atoms with Crippen molar-refractivity contribution in [2.75, 3.05) is 79.3 Å². The maximum atomic E-state index is 13.1. The molecular formula is C76H128N2O61. The van der Waals surface area contributed by atoms with Gasteiger partial charge in [0.25, 0.3) is 0 Å². The lowest BCUT2D eigenvalue weighted by Gasteiger charge is -2.51. The summed E-state index contributed by atoms with van der Waals surface area (Å²) in [5.74, 6) is -1.83. The molecule has 139 heavy (non-hydrogen) atoms. The lowest BCUT2D eigenvalue weighted by atomic mass is 9.94. The standard InChI is InChI=1S/C76H128N2O61/c1-15(89)77-29-41(101)56(25(11-87)119-65(29)116)131-66-30(78-16(2)90)42(102)57(26(12-88)128-66)132-73-55(115)61(40(100)28(130-73)14-118-68-52(112)60(133-69-50(110)44(104)32(92)18(4-80)121-69)39(99)27(129-68)13-117-67-49(109)43(103)31(91)17(3-79)120-67)136-75-64(48(108)36(96)21(7-83)126-75)139-76-63(47(107)35(95)22(8-84)127-76)138-72-53(113)58(37(97)23(9-85)124-72)134-71-54(114)59(38(98)24(10-86)123-71)135-74-62(46(106)34(94)20(6-82)125-74)137-70-51(111)45(105)33(93)19(5-81)122-70/h17-76,79-88,91-116H,3-14H2,1-2H3,(H,77,89)(H,78,90)/t17-,18-,19-,20-,21-,22-,23-,24-,25-,26-,27-,28-,29-,30-,31-,32-,33-,34-,35-,36-,37-,38-,39-,40-,41-,42-,43+,44+,45+,46+,47+,48+,49+,50+,51-,52+,53+,54-,55+,56-,57-,58+,59+,60+,61+,62-,63+,64+,65-,66+,67+,68+,69-,70-,71-,72-,73+,74-,75-,76-/m1/s1. The summed E-state index contributed by atoms with van der Waals surface area (Å²) in [5, 5.41) is 407. The van der Waals surface area contributed by atoms with Gasteiger partial charge in [0.2, 0.25) is 11.8 Å². The zero-order chi connectivity index (χ0) is 102. The fraction of sp³-hybridized carbons (Fsp3) is 0.974. The third kappa shape index (κ3) is 24.5. The molecule has 0 aromatic rings. The molecule has 60 atom stereocenters. The van der Waals surface area contributed by atoms with Gasteiger partial charge < -0.3 is 303 Å². The van der Waals surface area contributed by atoms with Gasteiger partial charge in [-0.3, -0.25) is 9.59 Å². The molecule has 12 heterocycles. The monoisotopic (exact) mass is 2040 g/mol. The first-order chi connectivity index (χ1) is 65.9. The number of aliphatic hydroxyl groups is 36. The maximum Gasteiger partial charge on any atom is 0.217 e. The minimum absolute atomic E-state index is 0.828. The minimum atomic E-state index is -2.71. The molecule has 63 nitrogen and oxygen atoms in total. The molecule has 0 aliphatic carbocycles. The van der Waals surface area contributed by atoms with Crippen LogP contribution in [0.1, 0.15) is 13.8 Å². The fourth-order valence-electron chi connectivity index (χ4n) is 18.0. The van der Waals surface area contributed by atoms with E-state index in [4.69, 9.17) is 109 Å². The summed E-state index contributed by atoms with van der Waals surface area (Å²) < 4.78 is 135. The molecule has 0 aromatic carbocycles. The van der Waals surface area contributed by atoms with Crippen molar-refractivity contribution in [3.8, 4) is 0 Å². The molecule has 808 valence electrons. The average Bonchev–Trinajstić information content (AvgIpc) is 0.760. The molecule has 0 radical (unpaired) electrons. The Bertz CT molecular complexity index is 3730. The molecule has 12 fully saturated rings. The molecule has 0 spiro atoms. The van der Waals surface area contributed by atoms with Crippen molar-refractivity contribution < 1.29 is 302 Å². The molecule has 12 saturated heterocycles. The summed E-state index contributed by atoms with van der Waals surface area (Å²) in [5.41, 5.74) is 0. The number of aliphatic hydroxyl groups excluding tert-OH is 36. The van der Waals surface area contributed by atoms with Crippen molar-refractivity contribution in [1.29, 1.82) is 0 Å². The van der Waals surface area contributed by atoms with E-state index in [1.807, 2.05) is 0 Å². The SMILES string of the molecule is CC(=O)N[C@@H]1[C@@H](O)[C@H](O[C@@H]2O[C@H](CO)[C@@H](O[C@@H]3O[C@H](CO[C@H]4O[C@H](CO[C@H]5O[C@H](CO)[C@@H](O)[C@H](O)[C@@H]5O)[C@@H](O)[C@H](O[C@H]5O[C@H](CO)[C@@H](O)[C@H](O)[C@@H]5O)[C@@H]4O)[C@@H](O)[C@H](O[C@H]4O[C@H](CO)[C@@H](O)[C@H](O)[C@@H]4O[C@H]4O[C@H](CO)[C@@H](O)[C@H](O)[C@@H]4O[C@H]4O[C@H](CO)[C@@H](O)[C@H](O[C@H]5O[C@H](CO)[C@@H](O)[C@H](O[C@H]6O[C@H](CO)[C@@H](O)[C@H](O)[C@H]6O[C@H]6O[C@H](CO)[C@@H](O)[C@H](O)[C@H]6O)[C@H]5O)[C@@H]4O)[C@@H]3O)[C@H](O)[C@H]2NC(C)=O)[C@@H](CO)O[C@H]1O. The van der Waals surface area contributed by atoms with Crippen molar-refractivity contribution in [3.05, 3.63) is 0 Å². The molecule has 0 saturated carbocycles. The van der Waals surface area contributed by atoms with E-state index < -0.39 is 459 Å². The maximum absolute atomic E-state index is 13.1. The lowest BCUT2D eigenvalue weighted by molar-refractivity contribution is -0.413. The van der Waals surface area contributed by atoms with E-state index in [2.05, 4.69) is 10.6 Å². The van der Waals surface area contributed by atoms with Crippen molar-refractivity contribution in [2.24, 2.45) is 0 Å². The van der Waals surface area contributed by atoms with Gasteiger partial charge in [-0.15, -0.1) is 0 Å². The van der Waals surface area contributed by atoms with E-state index in [1.165, 1.54) is 0 Å². The topological polar surface area (TPSA) is 999 Å². The number of carbonyl (C=O) groups excluding carboxylic acids is 2. The number of nitrogens with one attached hydrogen (secondary N) is 2. The Morgan fingerprint density at radius 1 is 0.187 bits per heavy atom. The van der Waals surface area contributed by atoms with Gasteiger partial charge >= 0.3 is 0 Å². The summed E-state index contributed by atoms with van der Waals surface area (Å²) in [6.45, 7) is -12.1. The predicted molar refractivity (Wildman–Crippen MR) is 418 cm³/mol. The van der Waals surface area contributed by atoms with Crippen LogP contribution in [0, 0.1) is 0 Å². The Morgan fingerprint density at radius 2 is 0.388 bits per heavy atom. The normalized spacial score (nSPS) is 51.9. The first-order valence-electron chi connectivity index (χ1n) is 44.2. The van der Waals surface area contributed by atoms with Crippen molar-refractivity contribution in [3.63, 3.8) is 0 Å². The van der Waals surface area contributed by atoms with Crippen LogP contribution in [0.5, 0.6) is 0 Å². The minimum Gasteiger partial charge on any atom is -0.394 e. The number of hydrogen-bond donors (Lipinski definition) is 38. The van der Waals surface area contributed by atoms with Gasteiger partial charge in [-0.25, -0.2) is 0 Å². The molecule has 12 aliphatic rings. The molecule has 2 amide bonds. The van der Waals surface area contributed by atoms with E-state index in [0.29, 0.717) is 0 Å². The first-order valence-corrected chi connectivity index (χ1v) is 44.2. The molecule has 12 rings (SSSR count). The van der Waals surface area contributed by atoms with E-state index in [9.17, 15) is 193 Å². The van der Waals surface area contributed by atoms with Crippen LogP contribution in [0.25, 0.3) is 0 Å². The molecular weight excluding hydrogens is 1920 g/mol. The second kappa shape index (κ2) is 49.8. The van der Waals surface area contributed by atoms with Gasteiger partial charge in [-0.05, 0) is 0 Å². The second-order valence-electron chi connectivity index (χ2n) is 35.2. The van der Waals surface area contributed by atoms with Crippen LogP contribution in [-0.4, -0.2) is 643 Å². The number of amides is 2. The van der Waals surface area contributed by atoms with Gasteiger partial charge in [0.05, 0.1) is 79.3 Å². The summed E-state index contributed by atoms with van der Waals surface area (Å²) in [7, 11) is 0. The van der Waals surface area contributed by atoms with E-state index in [1.54, 1.807) is 0 Å². The zero-order valence-electron chi connectivity index (χ0n) is 73.4. The Kier molecular flexibility index (Phi) is 41.0. The van der Waals surface area contributed by atoms with Crippen molar-refractivity contribution >= 4 is 11.8 Å². The van der Waals surface area contributed by atoms with Crippen LogP contribution >= 0.6 is 0 Å². The van der Waals surface area contributed by atoms with Crippen LogP contribution in [0.2, 0.25) is 0 Å². The highest BCUT2D eigenvalue weighted by atomic mass is 16.8. The predicted octanol–water partition coefficient (Wildman–Crippen LogP) is -26.9. The highest BCUT2D eigenvalue weighted by Crippen LogP contribution is 2.43. The van der Waals surface area contributed by atoms with Gasteiger partial charge in [-0.2, -0.15) is 0 Å². The second-order valence-corrected chi connectivity index (χ2v) is 35.2. The molecule has 63 heteroatoms. The van der Waals surface area contributed by atoms with Gasteiger partial charge in [0.1, 0.15) is 293 Å². The smallest absolute Gasteiger partial charge is 0.217 e. The third-order valence-electron chi connectivity index (χ3n) is 25.9. The van der Waals surface area contributed by atoms with Gasteiger partial charge in [0.15, 0.2) is 75.5 Å². The number of hydrogen-bond acceptors (Lipinski definition) is 61. The number of ether oxygens (including phenoxy) is 23. The fourth-order valence-corrected chi connectivity index (χ4v) is 18.0. The molecule has 0 unspecified atom stereocenters. The summed E-state index contributed by atoms with van der Waals surface area (Å²) in [6.07, 6.45) is -129. The van der Waals surface area contributed by atoms with Gasteiger partial charge in [-0.1, -0.05) is 0 Å². The summed E-state index contributed by atoms with van der Waals surface area (Å²) >= 11 is 0. The molecule has 0 bridgehead atoms. The number of carbonyl (C=O) groups is 2. The molecule has 12 aliphatic heterocycles. The quantitative estimate of drug-likeness (QED) is 0.0277. The van der Waals surface area contributed by atoms with Crippen LogP contribution < -0.4 is 10.6 Å². The lowest BCUT2D eigenvalue weighted by Crippen LogP contribution is -2.70. The summed E-state index contributed by atoms with van der Waals surface area (Å²) in [6, 6.07) is -3.71. The highest BCUT2D eigenvalue weighted by molar-refractivity contribution is 5.73. The molecule has 0 aromatic heterocycles. The third-order valence-corrected chi connectivity index (χ3v) is 25.9. The Hall–Kier alpha value is -3.42. The van der Waals surface area contributed by atoms with E-state index >= 15 is 0 Å². The summed E-state index contributed by atoms with van der Waals surface area (Å²) in [4.78, 5) is 25.4. The first kappa shape index (κ1) is 114. The zero-order valence-corrected chi connectivity index (χ0v) is 73.4. The molecule has 38 N–H and O–H groups in total. The van der Waals surface area contributed by atoms with Crippen LogP contribution in [-0.2, 0) is 119 Å². The highest BCUT2D eigenvalue weighted by Gasteiger charge is 2.64. The van der Waals surface area contributed by atoms with Crippen molar-refractivity contribution in [1.82, 2.24) is 10.6 Å². The van der Waals surface area contributed by atoms with Crippen molar-refractivity contribution in [2.45, 2.75) is 382 Å². The van der Waals surface area contributed by atoms with Gasteiger partial charge in [0, 0.05) is 13.8 Å². The van der Waals surface area contributed by atoms with Crippen LogP contribution in [0.15, 0.2) is 0 Å². The number of rotatable bonds is 36. The Labute approximate surface area is 784 Å². The van der Waals surface area contributed by atoms with Crippen LogP contribution in [0.4, 0.5) is 0 Å².